The highest BCUT2D eigenvalue weighted by Crippen LogP contribution is 2.32. The molecule has 1 aliphatic rings. The van der Waals surface area contributed by atoms with Crippen LogP contribution in [0.15, 0.2) is 51.8 Å². The minimum Gasteiger partial charge on any atom is -0.497 e. The van der Waals surface area contributed by atoms with Crippen molar-refractivity contribution in [2.75, 3.05) is 19.1 Å². The summed E-state index contributed by atoms with van der Waals surface area (Å²) in [4.78, 5) is 2.01. The molecular formula is C17H18N2O3S. The van der Waals surface area contributed by atoms with Crippen LogP contribution in [-0.2, 0) is 16.4 Å². The molecule has 0 fully saturated rings. The molecular weight excluding hydrogens is 312 g/mol. The molecule has 6 heteroatoms. The van der Waals surface area contributed by atoms with Crippen molar-refractivity contribution >= 4 is 21.5 Å². The molecule has 0 aromatic heterocycles. The van der Waals surface area contributed by atoms with E-state index in [2.05, 4.69) is 4.40 Å². The molecule has 0 unspecified atom stereocenters. The fourth-order valence-corrected chi connectivity index (χ4v) is 3.63. The van der Waals surface area contributed by atoms with E-state index in [0.29, 0.717) is 12.3 Å². The zero-order valence-corrected chi connectivity index (χ0v) is 14.1. The number of rotatable bonds is 3. The normalized spacial score (nSPS) is 15.8. The van der Waals surface area contributed by atoms with Crippen LogP contribution in [0.2, 0.25) is 0 Å². The number of benzene rings is 2. The first kappa shape index (κ1) is 15.6. The first-order valence-corrected chi connectivity index (χ1v) is 8.66. The monoisotopic (exact) mass is 330 g/mol. The quantitative estimate of drug-likeness (QED) is 0.868. The summed E-state index contributed by atoms with van der Waals surface area (Å²) in [5.41, 5.74) is 2.96. The Bertz CT molecular complexity index is 871. The number of aryl methyl sites for hydroxylation is 1. The molecule has 0 aliphatic carbocycles. The molecule has 0 atom stereocenters. The Kier molecular flexibility index (Phi) is 3.85. The van der Waals surface area contributed by atoms with Gasteiger partial charge >= 0.3 is 0 Å². The maximum Gasteiger partial charge on any atom is 0.283 e. The van der Waals surface area contributed by atoms with Gasteiger partial charge in [-0.25, -0.2) is 0 Å². The highest BCUT2D eigenvalue weighted by Gasteiger charge is 2.25. The van der Waals surface area contributed by atoms with Crippen LogP contribution in [0.3, 0.4) is 0 Å². The van der Waals surface area contributed by atoms with Crippen molar-refractivity contribution in [1.82, 2.24) is 0 Å². The maximum absolute atomic E-state index is 12.5. The van der Waals surface area contributed by atoms with Gasteiger partial charge in [-0.15, -0.1) is 4.40 Å². The van der Waals surface area contributed by atoms with Gasteiger partial charge in [0, 0.05) is 19.2 Å². The van der Waals surface area contributed by atoms with E-state index in [9.17, 15) is 8.42 Å². The van der Waals surface area contributed by atoms with E-state index in [1.807, 2.05) is 32.2 Å². The SMILES string of the molecule is COc1ccc2c(c1)CC(=NS(=O)(=O)c1ccc(C)cc1)N2C. The number of methoxy groups -OCH3 is 1. The zero-order valence-electron chi connectivity index (χ0n) is 13.3. The molecule has 0 radical (unpaired) electrons. The molecule has 0 bridgehead atoms. The minimum absolute atomic E-state index is 0.206. The molecule has 0 saturated heterocycles. The first-order chi connectivity index (χ1) is 10.9. The lowest BCUT2D eigenvalue weighted by atomic mass is 10.1. The standard InChI is InChI=1S/C17H18N2O3S/c1-12-4-7-15(8-5-12)23(20,21)18-17-11-13-10-14(22-3)6-9-16(13)19(17)2/h4-10H,11H2,1-3H3. The molecule has 3 rings (SSSR count). The van der Waals surface area contributed by atoms with Gasteiger partial charge in [-0.1, -0.05) is 17.7 Å². The molecule has 1 aliphatic heterocycles. The van der Waals surface area contributed by atoms with Gasteiger partial charge in [-0.3, -0.25) is 0 Å². The minimum atomic E-state index is -3.71. The number of amidine groups is 1. The smallest absolute Gasteiger partial charge is 0.283 e. The van der Waals surface area contributed by atoms with E-state index >= 15 is 0 Å². The van der Waals surface area contributed by atoms with Gasteiger partial charge in [-0.05, 0) is 42.8 Å². The lowest BCUT2D eigenvalue weighted by Gasteiger charge is -2.13. The summed E-state index contributed by atoms with van der Waals surface area (Å²) >= 11 is 0. The third kappa shape index (κ3) is 2.94. The van der Waals surface area contributed by atoms with Gasteiger partial charge < -0.3 is 9.64 Å². The Labute approximate surface area is 136 Å². The number of hydrogen-bond acceptors (Lipinski definition) is 3. The Morgan fingerprint density at radius 2 is 1.83 bits per heavy atom. The van der Waals surface area contributed by atoms with Crippen LogP contribution < -0.4 is 9.64 Å². The van der Waals surface area contributed by atoms with E-state index < -0.39 is 10.0 Å². The van der Waals surface area contributed by atoms with Crippen LogP contribution >= 0.6 is 0 Å². The van der Waals surface area contributed by atoms with Gasteiger partial charge in [0.25, 0.3) is 10.0 Å². The lowest BCUT2D eigenvalue weighted by molar-refractivity contribution is 0.414. The lowest BCUT2D eigenvalue weighted by Crippen LogP contribution is -2.23. The third-order valence-electron chi connectivity index (χ3n) is 3.93. The molecule has 120 valence electrons. The van der Waals surface area contributed by atoms with Crippen LogP contribution in [-0.4, -0.2) is 28.4 Å². The number of hydrogen-bond donors (Lipinski definition) is 0. The Hall–Kier alpha value is -2.34. The molecule has 2 aromatic carbocycles. The first-order valence-electron chi connectivity index (χ1n) is 7.22. The maximum atomic E-state index is 12.5. The number of ether oxygens (including phenoxy) is 1. The highest BCUT2D eigenvalue weighted by atomic mass is 32.2. The van der Waals surface area contributed by atoms with Gasteiger partial charge in [-0.2, -0.15) is 8.42 Å². The number of anilines is 1. The fraction of sp³-hybridized carbons (Fsp3) is 0.235. The van der Waals surface area contributed by atoms with Crippen LogP contribution in [0, 0.1) is 6.92 Å². The summed E-state index contributed by atoms with van der Waals surface area (Å²) in [6.45, 7) is 1.91. The van der Waals surface area contributed by atoms with Crippen LogP contribution in [0.1, 0.15) is 11.1 Å². The van der Waals surface area contributed by atoms with Gasteiger partial charge in [0.1, 0.15) is 11.6 Å². The summed E-state index contributed by atoms with van der Waals surface area (Å²) in [7, 11) is -0.282. The van der Waals surface area contributed by atoms with Crippen molar-refractivity contribution in [2.45, 2.75) is 18.2 Å². The summed E-state index contributed by atoms with van der Waals surface area (Å²) in [6.07, 6.45) is 0.466. The van der Waals surface area contributed by atoms with Crippen LogP contribution in [0.25, 0.3) is 0 Å². The molecule has 0 saturated carbocycles. The van der Waals surface area contributed by atoms with E-state index in [0.717, 1.165) is 22.6 Å². The number of fused-ring (bicyclic) bond motifs is 1. The second-order valence-electron chi connectivity index (χ2n) is 5.53. The number of nitrogens with zero attached hydrogens (tertiary/aromatic N) is 2. The van der Waals surface area contributed by atoms with E-state index in [1.54, 1.807) is 36.3 Å². The third-order valence-corrected chi connectivity index (χ3v) is 5.25. The van der Waals surface area contributed by atoms with E-state index in [1.165, 1.54) is 0 Å². The average molecular weight is 330 g/mol. The molecule has 0 amide bonds. The van der Waals surface area contributed by atoms with Crippen molar-refractivity contribution in [3.8, 4) is 5.75 Å². The van der Waals surface area contributed by atoms with Crippen molar-refractivity contribution in [1.29, 1.82) is 0 Å². The molecule has 2 aromatic rings. The highest BCUT2D eigenvalue weighted by molar-refractivity contribution is 7.90. The predicted molar refractivity (Wildman–Crippen MR) is 90.9 cm³/mol. The molecule has 1 heterocycles. The summed E-state index contributed by atoms with van der Waals surface area (Å²) in [5, 5.41) is 0. The fourth-order valence-electron chi connectivity index (χ4n) is 2.58. The molecule has 5 nitrogen and oxygen atoms in total. The van der Waals surface area contributed by atoms with Crippen molar-refractivity contribution in [2.24, 2.45) is 4.40 Å². The summed E-state index contributed by atoms with van der Waals surface area (Å²) in [6, 6.07) is 12.4. The average Bonchev–Trinajstić information content (AvgIpc) is 2.82. The van der Waals surface area contributed by atoms with Gasteiger partial charge in [0.2, 0.25) is 0 Å². The second-order valence-corrected chi connectivity index (χ2v) is 7.13. The van der Waals surface area contributed by atoms with E-state index in [4.69, 9.17) is 4.74 Å². The summed E-state index contributed by atoms with van der Waals surface area (Å²) < 4.78 is 34.2. The van der Waals surface area contributed by atoms with Crippen molar-refractivity contribution in [3.05, 3.63) is 53.6 Å². The van der Waals surface area contributed by atoms with E-state index in [-0.39, 0.29) is 4.90 Å². The topological polar surface area (TPSA) is 59.0 Å². The Balaban J connectivity index is 1.96. The molecule has 0 spiro atoms. The van der Waals surface area contributed by atoms with Crippen molar-refractivity contribution < 1.29 is 13.2 Å². The zero-order chi connectivity index (χ0) is 16.6. The predicted octanol–water partition coefficient (Wildman–Crippen LogP) is 2.78. The number of sulfonamides is 1. The molecule has 23 heavy (non-hydrogen) atoms. The summed E-state index contributed by atoms with van der Waals surface area (Å²) in [5.74, 6) is 1.26. The molecule has 0 N–H and O–H groups in total. The largest absolute Gasteiger partial charge is 0.497 e. The number of likely N-dealkylation sites (N-methyl/N-ethyl adjacent to an activating group) is 1. The Morgan fingerprint density at radius 3 is 2.48 bits per heavy atom. The Morgan fingerprint density at radius 1 is 1.13 bits per heavy atom. The van der Waals surface area contributed by atoms with Gasteiger partial charge in [0.05, 0.1) is 12.0 Å². The van der Waals surface area contributed by atoms with Crippen LogP contribution in [0.4, 0.5) is 5.69 Å². The second kappa shape index (κ2) is 5.70. The van der Waals surface area contributed by atoms with Crippen molar-refractivity contribution in [3.63, 3.8) is 0 Å². The van der Waals surface area contributed by atoms with Crippen LogP contribution in [0.5, 0.6) is 5.75 Å². The van der Waals surface area contributed by atoms with Gasteiger partial charge in [0.15, 0.2) is 0 Å².